The molecule has 5 rings (SSSR count). The van der Waals surface area contributed by atoms with Gasteiger partial charge in [0.25, 0.3) is 0 Å². The van der Waals surface area contributed by atoms with Gasteiger partial charge in [-0.2, -0.15) is 0 Å². The number of rotatable bonds is 10. The number of nitrogens with two attached hydrogens (primary N) is 1. The molecule has 0 bridgehead atoms. The summed E-state index contributed by atoms with van der Waals surface area (Å²) in [7, 11) is 0. The third-order valence-corrected chi connectivity index (χ3v) is 8.35. The zero-order valence-electron chi connectivity index (χ0n) is 22.5. The molecule has 2 aliphatic rings. The summed E-state index contributed by atoms with van der Waals surface area (Å²) in [5.74, 6) is 0.687. The van der Waals surface area contributed by atoms with Gasteiger partial charge in [-0.25, -0.2) is 9.97 Å². The van der Waals surface area contributed by atoms with Crippen molar-refractivity contribution in [2.24, 2.45) is 0 Å². The Labute approximate surface area is 245 Å². The topological polar surface area (TPSA) is 114 Å². The average molecular weight is 584 g/mol. The van der Waals surface area contributed by atoms with Crippen molar-refractivity contribution in [3.63, 3.8) is 0 Å². The fourth-order valence-corrected chi connectivity index (χ4v) is 5.91. The number of halogens is 2. The summed E-state index contributed by atoms with van der Waals surface area (Å²) in [6, 6.07) is 13.7. The predicted molar refractivity (Wildman–Crippen MR) is 161 cm³/mol. The Morgan fingerprint density at radius 1 is 1.10 bits per heavy atom. The van der Waals surface area contributed by atoms with Crippen molar-refractivity contribution in [3.8, 4) is 11.3 Å². The van der Waals surface area contributed by atoms with E-state index in [1.165, 1.54) is 5.56 Å². The quantitative estimate of drug-likeness (QED) is 0.235. The second kappa shape index (κ2) is 13.6. The highest BCUT2D eigenvalue weighted by Crippen LogP contribution is 2.27. The first-order valence-electron chi connectivity index (χ1n) is 14.0. The number of hydrogen-bond donors (Lipinski definition) is 4. The average Bonchev–Trinajstić information content (AvgIpc) is 3.47. The van der Waals surface area contributed by atoms with Gasteiger partial charge in [0.1, 0.15) is 12.1 Å². The number of nitrogens with one attached hydrogen (secondary N) is 3. The van der Waals surface area contributed by atoms with Gasteiger partial charge < -0.3 is 26.4 Å². The third kappa shape index (κ3) is 7.43. The van der Waals surface area contributed by atoms with Gasteiger partial charge in [0, 0.05) is 33.8 Å². The molecule has 2 heterocycles. The summed E-state index contributed by atoms with van der Waals surface area (Å²) >= 11 is 12.6. The fraction of sp³-hybridized carbons (Fsp3) is 0.433. The first-order chi connectivity index (χ1) is 19.5. The van der Waals surface area contributed by atoms with E-state index >= 15 is 0 Å². The molecule has 212 valence electrons. The van der Waals surface area contributed by atoms with Crippen LogP contribution < -0.4 is 21.7 Å². The van der Waals surface area contributed by atoms with Crippen LogP contribution in [-0.4, -0.2) is 47.2 Å². The molecule has 40 heavy (non-hydrogen) atoms. The Morgan fingerprint density at radius 3 is 2.67 bits per heavy atom. The maximum atomic E-state index is 12.6. The van der Waals surface area contributed by atoms with E-state index in [2.05, 4.69) is 33.1 Å². The number of aromatic nitrogens is 2. The highest BCUT2D eigenvalue weighted by molar-refractivity contribution is 6.36. The lowest BCUT2D eigenvalue weighted by Gasteiger charge is -2.30. The van der Waals surface area contributed by atoms with Crippen molar-refractivity contribution >= 4 is 40.8 Å². The number of nitrogen functional groups attached to an aromatic ring is 1. The summed E-state index contributed by atoms with van der Waals surface area (Å²) in [6.45, 7) is 2.01. The maximum absolute atomic E-state index is 12.6. The molecule has 0 amide bonds. The number of hydrogen-bond acceptors (Lipinski definition) is 8. The van der Waals surface area contributed by atoms with Crippen LogP contribution >= 0.6 is 23.2 Å². The van der Waals surface area contributed by atoms with Crippen molar-refractivity contribution in [3.05, 3.63) is 69.8 Å². The van der Waals surface area contributed by atoms with E-state index in [1.807, 2.05) is 18.2 Å². The van der Waals surface area contributed by atoms with E-state index in [9.17, 15) is 4.79 Å². The van der Waals surface area contributed by atoms with Gasteiger partial charge >= 0.3 is 5.97 Å². The Kier molecular flexibility index (Phi) is 9.75. The lowest BCUT2D eigenvalue weighted by Crippen LogP contribution is -2.50. The molecule has 2 unspecified atom stereocenters. The third-order valence-electron chi connectivity index (χ3n) is 7.64. The fourth-order valence-electron chi connectivity index (χ4n) is 5.38. The second-order valence-electron chi connectivity index (χ2n) is 10.5. The standard InChI is InChI=1S/C30H36Cl2N6O2/c31-24-9-4-10-25(32)23(24)17-37-29-28(33)36-18-27(38-29)20-6-3-5-19(15-20)11-13-34-21-12-14-35-26(16-21)30(39)40-22-7-1-2-8-22/h3-6,9-10,15,18,21-22,26,34-35H,1-2,7-8,11-14,16-17H2,(H2,33,36)(H,37,38). The van der Waals surface area contributed by atoms with Gasteiger partial charge in [-0.1, -0.05) is 47.5 Å². The van der Waals surface area contributed by atoms with Crippen molar-refractivity contribution in [1.29, 1.82) is 0 Å². The zero-order chi connectivity index (χ0) is 27.9. The number of ether oxygens (including phenoxy) is 1. The zero-order valence-corrected chi connectivity index (χ0v) is 24.0. The number of benzene rings is 2. The lowest BCUT2D eigenvalue weighted by molar-refractivity contribution is -0.152. The molecular formula is C30H36Cl2N6O2. The maximum Gasteiger partial charge on any atom is 0.323 e. The molecule has 1 aromatic heterocycles. The number of piperidine rings is 1. The summed E-state index contributed by atoms with van der Waals surface area (Å²) in [6.07, 6.45) is 8.69. The molecular weight excluding hydrogens is 547 g/mol. The van der Waals surface area contributed by atoms with Crippen LogP contribution in [0.15, 0.2) is 48.7 Å². The first-order valence-corrected chi connectivity index (χ1v) is 14.8. The van der Waals surface area contributed by atoms with Crippen molar-refractivity contribution < 1.29 is 9.53 Å². The molecule has 2 fully saturated rings. The van der Waals surface area contributed by atoms with Crippen molar-refractivity contribution in [1.82, 2.24) is 20.6 Å². The largest absolute Gasteiger partial charge is 0.461 e. The van der Waals surface area contributed by atoms with E-state index in [0.29, 0.717) is 28.2 Å². The van der Waals surface area contributed by atoms with E-state index < -0.39 is 0 Å². The van der Waals surface area contributed by atoms with E-state index in [1.54, 1.807) is 18.3 Å². The Bertz CT molecular complexity index is 1300. The molecule has 2 atom stereocenters. The molecule has 8 nitrogen and oxygen atoms in total. The van der Waals surface area contributed by atoms with Crippen LogP contribution in [0.1, 0.15) is 49.7 Å². The molecule has 3 aromatic rings. The Hall–Kier alpha value is -2.91. The number of carbonyl (C=O) groups is 1. The SMILES string of the molecule is Nc1ncc(-c2cccc(CCNC3CCNC(C(=O)OC4CCCC4)C3)c2)nc1NCc1c(Cl)cccc1Cl. The van der Waals surface area contributed by atoms with Crippen LogP contribution in [0.2, 0.25) is 10.0 Å². The monoisotopic (exact) mass is 582 g/mol. The van der Waals surface area contributed by atoms with Crippen LogP contribution in [0.25, 0.3) is 11.3 Å². The molecule has 1 aliphatic carbocycles. The molecule has 5 N–H and O–H groups in total. The van der Waals surface area contributed by atoms with Gasteiger partial charge in [-0.05, 0) is 81.8 Å². The summed E-state index contributed by atoms with van der Waals surface area (Å²) in [5.41, 5.74) is 9.74. The number of esters is 1. The molecule has 0 spiro atoms. The van der Waals surface area contributed by atoms with E-state index in [-0.39, 0.29) is 24.2 Å². The number of carbonyl (C=O) groups excluding carboxylic acids is 1. The molecule has 1 saturated heterocycles. The van der Waals surface area contributed by atoms with Crippen LogP contribution in [0.5, 0.6) is 0 Å². The highest BCUT2D eigenvalue weighted by atomic mass is 35.5. The van der Waals surface area contributed by atoms with Crippen LogP contribution in [0.4, 0.5) is 11.6 Å². The summed E-state index contributed by atoms with van der Waals surface area (Å²) < 4.78 is 5.73. The summed E-state index contributed by atoms with van der Waals surface area (Å²) in [5, 5.41) is 11.4. The Balaban J connectivity index is 1.15. The minimum atomic E-state index is -0.226. The summed E-state index contributed by atoms with van der Waals surface area (Å²) in [4.78, 5) is 21.7. The van der Waals surface area contributed by atoms with Gasteiger partial charge in [-0.15, -0.1) is 0 Å². The van der Waals surface area contributed by atoms with Crippen LogP contribution in [0.3, 0.4) is 0 Å². The first kappa shape index (κ1) is 28.6. The molecule has 1 aliphatic heterocycles. The van der Waals surface area contributed by atoms with Crippen molar-refractivity contribution in [2.45, 2.75) is 69.7 Å². The minimum Gasteiger partial charge on any atom is -0.461 e. The normalized spacial score (nSPS) is 19.4. The number of nitrogens with zero attached hydrogens (tertiary/aromatic N) is 2. The van der Waals surface area contributed by atoms with Gasteiger partial charge in [0.05, 0.1) is 11.9 Å². The minimum absolute atomic E-state index is 0.0977. The number of anilines is 2. The molecule has 0 radical (unpaired) electrons. The van der Waals surface area contributed by atoms with Crippen LogP contribution in [0, 0.1) is 0 Å². The van der Waals surface area contributed by atoms with Gasteiger partial charge in [0.2, 0.25) is 0 Å². The van der Waals surface area contributed by atoms with Crippen molar-refractivity contribution in [2.75, 3.05) is 24.1 Å². The predicted octanol–water partition coefficient (Wildman–Crippen LogP) is 5.38. The lowest BCUT2D eigenvalue weighted by atomic mass is 9.99. The highest BCUT2D eigenvalue weighted by Gasteiger charge is 2.30. The molecule has 1 saturated carbocycles. The van der Waals surface area contributed by atoms with Crippen LogP contribution in [-0.2, 0) is 22.5 Å². The van der Waals surface area contributed by atoms with E-state index in [4.69, 9.17) is 38.7 Å². The smallest absolute Gasteiger partial charge is 0.323 e. The van der Waals surface area contributed by atoms with Gasteiger partial charge in [0.15, 0.2) is 11.6 Å². The second-order valence-corrected chi connectivity index (χ2v) is 11.3. The van der Waals surface area contributed by atoms with Gasteiger partial charge in [-0.3, -0.25) is 4.79 Å². The molecule has 2 aromatic carbocycles. The molecule has 10 heteroatoms. The Morgan fingerprint density at radius 2 is 1.88 bits per heavy atom. The van der Waals surface area contributed by atoms with E-state index in [0.717, 1.165) is 74.9 Å².